The maximum absolute atomic E-state index is 8.73. The van der Waals surface area contributed by atoms with Crippen LogP contribution in [0.5, 0.6) is 0 Å². The number of aromatic nitrogens is 2. The zero-order chi connectivity index (χ0) is 15.3. The summed E-state index contributed by atoms with van der Waals surface area (Å²) in [6, 6.07) is 0. The molecule has 21 heavy (non-hydrogen) atoms. The Morgan fingerprint density at radius 3 is 2.76 bits per heavy atom. The third-order valence-electron chi connectivity index (χ3n) is 2.79. The molecule has 0 saturated heterocycles. The second-order valence-electron chi connectivity index (χ2n) is 5.72. The number of rotatable bonds is 6. The van der Waals surface area contributed by atoms with Crippen LogP contribution in [-0.4, -0.2) is 28.2 Å². The first-order valence-electron chi connectivity index (χ1n) is 6.94. The molecule has 0 aliphatic carbocycles. The summed E-state index contributed by atoms with van der Waals surface area (Å²) in [5.74, 6) is 1.47. The summed E-state index contributed by atoms with van der Waals surface area (Å²) in [6.07, 6.45) is 8.08. The number of hydrogen-bond donors (Lipinski definition) is 2. The first-order chi connectivity index (χ1) is 9.99. The van der Waals surface area contributed by atoms with Gasteiger partial charge >= 0.3 is 0 Å². The number of oxazole rings is 1. The predicted molar refractivity (Wildman–Crippen MR) is 86.4 cm³/mol. The molecule has 6 heteroatoms. The molecule has 5 nitrogen and oxygen atoms in total. The molecule has 2 aromatic rings. The van der Waals surface area contributed by atoms with E-state index in [9.17, 15) is 0 Å². The van der Waals surface area contributed by atoms with Crippen molar-refractivity contribution in [2.45, 2.75) is 32.6 Å². The van der Waals surface area contributed by atoms with Crippen LogP contribution in [0.2, 0.25) is 0 Å². The molecule has 0 atom stereocenters. The molecular formula is C15H21N3O2S. The van der Waals surface area contributed by atoms with Gasteiger partial charge in [-0.05, 0) is 12.5 Å². The van der Waals surface area contributed by atoms with Crippen molar-refractivity contribution in [1.82, 2.24) is 9.97 Å². The fourth-order valence-electron chi connectivity index (χ4n) is 1.58. The molecule has 0 fully saturated rings. The van der Waals surface area contributed by atoms with Crippen molar-refractivity contribution in [3.05, 3.63) is 28.9 Å². The molecule has 0 unspecified atom stereocenters. The van der Waals surface area contributed by atoms with Crippen LogP contribution in [0.15, 0.2) is 16.8 Å². The van der Waals surface area contributed by atoms with Crippen LogP contribution in [0.4, 0.5) is 5.13 Å². The van der Waals surface area contributed by atoms with E-state index in [1.54, 1.807) is 23.7 Å². The second kappa shape index (κ2) is 6.87. The van der Waals surface area contributed by atoms with Gasteiger partial charge in [-0.15, -0.1) is 0 Å². The Balaban J connectivity index is 1.96. The normalized spacial score (nSPS) is 12.2. The van der Waals surface area contributed by atoms with Crippen LogP contribution >= 0.6 is 11.3 Å². The van der Waals surface area contributed by atoms with E-state index in [1.807, 2.05) is 12.2 Å². The molecule has 0 aliphatic rings. The van der Waals surface area contributed by atoms with Crippen LogP contribution in [0.3, 0.4) is 0 Å². The highest BCUT2D eigenvalue weighted by Crippen LogP contribution is 2.24. The lowest BCUT2D eigenvalue weighted by Gasteiger charge is -2.12. The fourth-order valence-corrected chi connectivity index (χ4v) is 2.33. The maximum Gasteiger partial charge on any atom is 0.218 e. The van der Waals surface area contributed by atoms with Crippen LogP contribution in [0.25, 0.3) is 12.2 Å². The SMILES string of the molecule is CC(C)(C)c1cnc(/C=C/c2cnc(NCCCO)s2)o1. The summed E-state index contributed by atoms with van der Waals surface area (Å²) in [5, 5.41) is 12.7. The van der Waals surface area contributed by atoms with E-state index in [2.05, 4.69) is 36.1 Å². The van der Waals surface area contributed by atoms with E-state index in [1.165, 1.54) is 0 Å². The minimum absolute atomic E-state index is 0.0344. The summed E-state index contributed by atoms with van der Waals surface area (Å²) in [6.45, 7) is 7.19. The number of aliphatic hydroxyl groups is 1. The number of hydrogen-bond acceptors (Lipinski definition) is 6. The van der Waals surface area contributed by atoms with Gasteiger partial charge in [-0.2, -0.15) is 0 Å². The molecule has 114 valence electrons. The Morgan fingerprint density at radius 2 is 2.10 bits per heavy atom. The largest absolute Gasteiger partial charge is 0.441 e. The van der Waals surface area contributed by atoms with Gasteiger partial charge in [0.15, 0.2) is 5.13 Å². The summed E-state index contributed by atoms with van der Waals surface area (Å²) in [5.41, 5.74) is -0.0344. The summed E-state index contributed by atoms with van der Waals surface area (Å²) >= 11 is 1.55. The highest BCUT2D eigenvalue weighted by atomic mass is 32.1. The zero-order valence-electron chi connectivity index (χ0n) is 12.6. The van der Waals surface area contributed by atoms with Gasteiger partial charge in [-0.25, -0.2) is 9.97 Å². The predicted octanol–water partition coefficient (Wildman–Crippen LogP) is 3.39. The number of thiazole rings is 1. The lowest BCUT2D eigenvalue weighted by molar-refractivity contribution is 0.292. The topological polar surface area (TPSA) is 71.2 Å². The Hall–Kier alpha value is -1.66. The van der Waals surface area contributed by atoms with E-state index >= 15 is 0 Å². The number of aliphatic hydroxyl groups excluding tert-OH is 1. The smallest absolute Gasteiger partial charge is 0.218 e. The molecule has 2 N–H and O–H groups in total. The van der Waals surface area contributed by atoms with E-state index in [4.69, 9.17) is 9.52 Å². The second-order valence-corrected chi connectivity index (χ2v) is 6.78. The van der Waals surface area contributed by atoms with E-state index < -0.39 is 0 Å². The molecule has 0 spiro atoms. The van der Waals surface area contributed by atoms with Gasteiger partial charge in [-0.3, -0.25) is 0 Å². The fraction of sp³-hybridized carbons (Fsp3) is 0.467. The Kier molecular flexibility index (Phi) is 5.14. The van der Waals surface area contributed by atoms with Crippen molar-refractivity contribution in [3.63, 3.8) is 0 Å². The molecule has 0 radical (unpaired) electrons. The number of anilines is 1. The maximum atomic E-state index is 8.73. The third kappa shape index (κ3) is 4.68. The van der Waals surface area contributed by atoms with Gasteiger partial charge in [0.1, 0.15) is 5.76 Å². The Labute approximate surface area is 128 Å². The lowest BCUT2D eigenvalue weighted by Crippen LogP contribution is -2.09. The van der Waals surface area contributed by atoms with E-state index in [0.717, 1.165) is 28.7 Å². The molecule has 0 saturated carbocycles. The standard InChI is InChI=1S/C15H21N3O2S/c1-15(2,3)12-10-17-13(20-12)6-5-11-9-18-14(21-11)16-7-4-8-19/h5-6,9-10,19H,4,7-8H2,1-3H3,(H,16,18)/b6-5+. The van der Waals surface area contributed by atoms with Crippen molar-refractivity contribution in [2.24, 2.45) is 0 Å². The Bertz CT molecular complexity index is 596. The van der Waals surface area contributed by atoms with Crippen LogP contribution in [-0.2, 0) is 5.41 Å². The van der Waals surface area contributed by atoms with E-state index in [0.29, 0.717) is 5.89 Å². The van der Waals surface area contributed by atoms with Crippen molar-refractivity contribution in [3.8, 4) is 0 Å². The van der Waals surface area contributed by atoms with Crippen LogP contribution in [0, 0.1) is 0 Å². The minimum Gasteiger partial charge on any atom is -0.441 e. The molecule has 2 aromatic heterocycles. The highest BCUT2D eigenvalue weighted by Gasteiger charge is 2.18. The van der Waals surface area contributed by atoms with Gasteiger partial charge in [0.2, 0.25) is 5.89 Å². The first kappa shape index (κ1) is 15.7. The molecular weight excluding hydrogens is 286 g/mol. The average Bonchev–Trinajstić information content (AvgIpc) is 3.05. The first-order valence-corrected chi connectivity index (χ1v) is 7.75. The van der Waals surface area contributed by atoms with Crippen molar-refractivity contribution in [2.75, 3.05) is 18.5 Å². The lowest BCUT2D eigenvalue weighted by atomic mass is 9.94. The van der Waals surface area contributed by atoms with Gasteiger partial charge in [0.05, 0.1) is 6.20 Å². The monoisotopic (exact) mass is 307 g/mol. The van der Waals surface area contributed by atoms with Gasteiger partial charge in [-0.1, -0.05) is 32.1 Å². The molecule has 0 bridgehead atoms. The quantitative estimate of drug-likeness (QED) is 0.800. The summed E-state index contributed by atoms with van der Waals surface area (Å²) in [4.78, 5) is 9.55. The zero-order valence-corrected chi connectivity index (χ0v) is 13.4. The van der Waals surface area contributed by atoms with Crippen LogP contribution in [0.1, 0.15) is 43.7 Å². The summed E-state index contributed by atoms with van der Waals surface area (Å²) in [7, 11) is 0. The molecule has 2 rings (SSSR count). The molecule has 0 amide bonds. The average molecular weight is 307 g/mol. The van der Waals surface area contributed by atoms with Gasteiger partial charge in [0.25, 0.3) is 0 Å². The van der Waals surface area contributed by atoms with Crippen molar-refractivity contribution in [1.29, 1.82) is 0 Å². The third-order valence-corrected chi connectivity index (χ3v) is 3.71. The highest BCUT2D eigenvalue weighted by molar-refractivity contribution is 7.16. The van der Waals surface area contributed by atoms with Gasteiger partial charge < -0.3 is 14.8 Å². The molecule has 0 aliphatic heterocycles. The van der Waals surface area contributed by atoms with E-state index in [-0.39, 0.29) is 12.0 Å². The summed E-state index contributed by atoms with van der Waals surface area (Å²) < 4.78 is 5.70. The van der Waals surface area contributed by atoms with Crippen molar-refractivity contribution < 1.29 is 9.52 Å². The Morgan fingerprint density at radius 1 is 1.29 bits per heavy atom. The van der Waals surface area contributed by atoms with Crippen LogP contribution < -0.4 is 5.32 Å². The number of nitrogens with zero attached hydrogens (tertiary/aromatic N) is 2. The molecule has 2 heterocycles. The molecule has 0 aromatic carbocycles. The van der Waals surface area contributed by atoms with Gasteiger partial charge in [0, 0.05) is 35.7 Å². The minimum atomic E-state index is -0.0344. The van der Waals surface area contributed by atoms with Crippen molar-refractivity contribution >= 4 is 28.6 Å². The number of nitrogens with one attached hydrogen (secondary N) is 1.